The van der Waals surface area contributed by atoms with Crippen molar-refractivity contribution >= 4 is 15.5 Å². The maximum Gasteiger partial charge on any atom is 0.246 e. The van der Waals surface area contributed by atoms with Crippen molar-refractivity contribution in [1.82, 2.24) is 24.3 Å². The van der Waals surface area contributed by atoms with Gasteiger partial charge in [0.05, 0.1) is 17.1 Å². The van der Waals surface area contributed by atoms with Gasteiger partial charge in [-0.2, -0.15) is 0 Å². The predicted octanol–water partition coefficient (Wildman–Crippen LogP) is 1.39. The van der Waals surface area contributed by atoms with Crippen molar-refractivity contribution in [2.45, 2.75) is 31.6 Å². The number of imidazole rings is 1. The maximum atomic E-state index is 11.6. The molecule has 1 aliphatic rings. The molecule has 0 spiro atoms. The molecule has 0 radical (unpaired) electrons. The highest BCUT2D eigenvalue weighted by Crippen LogP contribution is 2.21. The minimum absolute atomic E-state index is 0.0858. The average molecular weight is 357 g/mol. The first-order valence-electron chi connectivity index (χ1n) is 8.11. The molecule has 0 unspecified atom stereocenters. The van der Waals surface area contributed by atoms with Gasteiger partial charge in [0.15, 0.2) is 0 Å². The summed E-state index contributed by atoms with van der Waals surface area (Å²) < 4.78 is 25.3. The van der Waals surface area contributed by atoms with E-state index in [-0.39, 0.29) is 5.16 Å². The third kappa shape index (κ3) is 3.03. The summed E-state index contributed by atoms with van der Waals surface area (Å²) in [5.74, 6) is 0. The molecule has 3 aromatic heterocycles. The highest BCUT2D eigenvalue weighted by atomic mass is 32.2. The number of hydrogen-bond acceptors (Lipinski definition) is 6. The van der Waals surface area contributed by atoms with E-state index in [4.69, 9.17) is 0 Å². The van der Waals surface area contributed by atoms with Gasteiger partial charge in [0.1, 0.15) is 5.65 Å². The lowest BCUT2D eigenvalue weighted by molar-refractivity contribution is 0.238. The summed E-state index contributed by atoms with van der Waals surface area (Å²) in [6.45, 7) is 4.34. The summed E-state index contributed by atoms with van der Waals surface area (Å²) in [5.41, 5.74) is 4.98. The number of aromatic nitrogens is 4. The Kier molecular flexibility index (Phi) is 3.81. The van der Waals surface area contributed by atoms with Gasteiger partial charge in [-0.1, -0.05) is 6.07 Å². The number of aryl methyl sites for hydroxylation is 1. The fraction of sp³-hybridized carbons (Fsp3) is 0.353. The van der Waals surface area contributed by atoms with Crippen LogP contribution in [0.2, 0.25) is 0 Å². The van der Waals surface area contributed by atoms with Gasteiger partial charge in [-0.25, -0.2) is 23.4 Å². The number of pyridine rings is 1. The molecule has 0 aromatic carbocycles. The molecule has 4 rings (SSSR count). The van der Waals surface area contributed by atoms with Crippen LogP contribution in [0.3, 0.4) is 0 Å². The van der Waals surface area contributed by atoms with Gasteiger partial charge in [-0.15, -0.1) is 0 Å². The predicted molar refractivity (Wildman–Crippen MR) is 92.9 cm³/mol. The molecule has 0 fully saturated rings. The Morgan fingerprint density at radius 2 is 2.08 bits per heavy atom. The molecule has 130 valence electrons. The van der Waals surface area contributed by atoms with Gasteiger partial charge in [0, 0.05) is 50.3 Å². The smallest absolute Gasteiger partial charge is 0.246 e. The van der Waals surface area contributed by atoms with Gasteiger partial charge in [0.2, 0.25) is 15.0 Å². The van der Waals surface area contributed by atoms with E-state index in [1.807, 2.05) is 31.3 Å². The fourth-order valence-corrected chi connectivity index (χ4v) is 3.76. The van der Waals surface area contributed by atoms with Crippen molar-refractivity contribution in [3.8, 4) is 0 Å². The molecule has 0 saturated carbocycles. The molecule has 3 aromatic rings. The third-order valence-corrected chi connectivity index (χ3v) is 5.38. The van der Waals surface area contributed by atoms with Crippen LogP contribution in [0.4, 0.5) is 0 Å². The lowest BCUT2D eigenvalue weighted by Crippen LogP contribution is -2.32. The van der Waals surface area contributed by atoms with Crippen molar-refractivity contribution in [3.63, 3.8) is 0 Å². The van der Waals surface area contributed by atoms with Crippen LogP contribution >= 0.6 is 0 Å². The van der Waals surface area contributed by atoms with Crippen LogP contribution in [0, 0.1) is 6.92 Å². The number of hydrogen-bond donors (Lipinski definition) is 0. The van der Waals surface area contributed by atoms with Gasteiger partial charge < -0.3 is 4.40 Å². The summed E-state index contributed by atoms with van der Waals surface area (Å²) in [7, 11) is -3.37. The quantitative estimate of drug-likeness (QED) is 0.659. The molecule has 4 heterocycles. The van der Waals surface area contributed by atoms with Crippen LogP contribution in [-0.2, 0) is 29.3 Å². The molecule has 0 N–H and O–H groups in total. The second kappa shape index (κ2) is 5.89. The molecule has 0 saturated heterocycles. The Bertz CT molecular complexity index is 1060. The van der Waals surface area contributed by atoms with E-state index in [9.17, 15) is 8.42 Å². The monoisotopic (exact) mass is 357 g/mol. The summed E-state index contributed by atoms with van der Waals surface area (Å²) in [6.07, 6.45) is 5.53. The molecule has 7 nitrogen and oxygen atoms in total. The van der Waals surface area contributed by atoms with E-state index in [1.165, 1.54) is 5.69 Å². The summed E-state index contributed by atoms with van der Waals surface area (Å²) in [6, 6.07) is 5.99. The molecule has 1 aliphatic heterocycles. The first-order chi connectivity index (χ1) is 11.9. The Hall–Kier alpha value is -2.32. The minimum Gasteiger partial charge on any atom is -0.302 e. The first-order valence-corrected chi connectivity index (χ1v) is 10.0. The molecule has 0 bridgehead atoms. The zero-order valence-corrected chi connectivity index (χ0v) is 15.0. The van der Waals surface area contributed by atoms with Crippen molar-refractivity contribution in [1.29, 1.82) is 0 Å². The topological polar surface area (TPSA) is 80.5 Å². The zero-order chi connectivity index (χ0) is 17.6. The summed E-state index contributed by atoms with van der Waals surface area (Å²) >= 11 is 0. The van der Waals surface area contributed by atoms with E-state index in [1.54, 1.807) is 6.20 Å². The Balaban J connectivity index is 1.59. The number of rotatable bonds is 3. The van der Waals surface area contributed by atoms with Gasteiger partial charge >= 0.3 is 0 Å². The Morgan fingerprint density at radius 1 is 1.24 bits per heavy atom. The van der Waals surface area contributed by atoms with E-state index in [2.05, 4.69) is 24.3 Å². The largest absolute Gasteiger partial charge is 0.302 e. The van der Waals surface area contributed by atoms with Gasteiger partial charge in [0.25, 0.3) is 0 Å². The average Bonchev–Trinajstić information content (AvgIpc) is 2.89. The Labute approximate surface area is 146 Å². The standard InChI is InChI=1S/C17H19N5O2S/c1-12-15(22-7-4-3-5-16(22)19-12)11-21-8-6-14-13(10-21)9-18-17(20-14)25(2,23)24/h3-5,7,9H,6,8,10-11H2,1-2H3. The van der Waals surface area contributed by atoms with E-state index in [0.29, 0.717) is 6.54 Å². The third-order valence-electron chi connectivity index (χ3n) is 4.52. The first kappa shape index (κ1) is 16.2. The van der Waals surface area contributed by atoms with E-state index >= 15 is 0 Å². The Morgan fingerprint density at radius 3 is 2.88 bits per heavy atom. The van der Waals surface area contributed by atoms with E-state index < -0.39 is 9.84 Å². The number of sulfone groups is 1. The molecule has 0 aliphatic carbocycles. The van der Waals surface area contributed by atoms with Crippen LogP contribution in [0.15, 0.2) is 35.7 Å². The lowest BCUT2D eigenvalue weighted by Gasteiger charge is -2.28. The minimum atomic E-state index is -3.37. The molecule has 0 amide bonds. The summed E-state index contributed by atoms with van der Waals surface area (Å²) in [5, 5.41) is -0.0858. The highest BCUT2D eigenvalue weighted by molar-refractivity contribution is 7.90. The van der Waals surface area contributed by atoms with Crippen LogP contribution in [0.5, 0.6) is 0 Å². The molecular formula is C17H19N5O2S. The lowest BCUT2D eigenvalue weighted by atomic mass is 10.1. The zero-order valence-electron chi connectivity index (χ0n) is 14.2. The second-order valence-corrected chi connectivity index (χ2v) is 8.34. The van der Waals surface area contributed by atoms with Crippen LogP contribution in [-0.4, -0.2) is 45.5 Å². The normalized spacial score (nSPS) is 15.4. The van der Waals surface area contributed by atoms with Gasteiger partial charge in [-0.05, 0) is 19.1 Å². The second-order valence-electron chi connectivity index (χ2n) is 6.43. The fourth-order valence-electron chi connectivity index (χ4n) is 3.24. The van der Waals surface area contributed by atoms with Crippen LogP contribution < -0.4 is 0 Å². The molecular weight excluding hydrogens is 338 g/mol. The van der Waals surface area contributed by atoms with Crippen molar-refractivity contribution in [2.24, 2.45) is 0 Å². The number of nitrogens with zero attached hydrogens (tertiary/aromatic N) is 5. The number of fused-ring (bicyclic) bond motifs is 2. The van der Waals surface area contributed by atoms with Crippen LogP contribution in [0.1, 0.15) is 22.6 Å². The van der Waals surface area contributed by atoms with Crippen LogP contribution in [0.25, 0.3) is 5.65 Å². The van der Waals surface area contributed by atoms with Crippen molar-refractivity contribution < 1.29 is 8.42 Å². The highest BCUT2D eigenvalue weighted by Gasteiger charge is 2.22. The van der Waals surface area contributed by atoms with Crippen molar-refractivity contribution in [3.05, 3.63) is 53.2 Å². The van der Waals surface area contributed by atoms with Gasteiger partial charge in [-0.3, -0.25) is 4.90 Å². The molecule has 0 atom stereocenters. The van der Waals surface area contributed by atoms with E-state index in [0.717, 1.165) is 48.4 Å². The summed E-state index contributed by atoms with van der Waals surface area (Å²) in [4.78, 5) is 15.2. The molecule has 25 heavy (non-hydrogen) atoms. The SMILES string of the molecule is Cc1nc2ccccn2c1CN1CCc2nc(S(C)(=O)=O)ncc2C1. The maximum absolute atomic E-state index is 11.6. The molecule has 8 heteroatoms. The van der Waals surface area contributed by atoms with Crippen molar-refractivity contribution in [2.75, 3.05) is 12.8 Å².